The van der Waals surface area contributed by atoms with Crippen LogP contribution in [0.25, 0.3) is 0 Å². The molecule has 1 N–H and O–H groups in total. The molecule has 66 valence electrons. The lowest BCUT2D eigenvalue weighted by molar-refractivity contribution is 0.636. The normalized spacial score (nSPS) is 12.8. The molecule has 0 heterocycles. The molecule has 1 rings (SSSR count). The Labute approximate surface area is 74.8 Å². The number of rotatable bonds is 4. The Hall–Kier alpha value is -0.820. The summed E-state index contributed by atoms with van der Waals surface area (Å²) in [6.07, 6.45) is 1.21. The summed E-state index contributed by atoms with van der Waals surface area (Å²) < 4.78 is 0. The maximum absolute atomic E-state index is 3.17. The Balaban J connectivity index is 2.48. The van der Waals surface area contributed by atoms with Gasteiger partial charge in [0.15, 0.2) is 0 Å². The van der Waals surface area contributed by atoms with Gasteiger partial charge in [-0.3, -0.25) is 0 Å². The second-order valence-electron chi connectivity index (χ2n) is 3.20. The Morgan fingerprint density at radius 3 is 2.50 bits per heavy atom. The monoisotopic (exact) mass is 163 g/mol. The van der Waals surface area contributed by atoms with E-state index in [-0.39, 0.29) is 0 Å². The fourth-order valence-electron chi connectivity index (χ4n) is 1.31. The van der Waals surface area contributed by atoms with Gasteiger partial charge < -0.3 is 5.32 Å². The van der Waals surface area contributed by atoms with Gasteiger partial charge in [-0.25, -0.2) is 0 Å². The van der Waals surface area contributed by atoms with Gasteiger partial charge in [0, 0.05) is 0 Å². The highest BCUT2D eigenvalue weighted by Crippen LogP contribution is 2.17. The lowest BCUT2D eigenvalue weighted by Crippen LogP contribution is -2.10. The highest BCUT2D eigenvalue weighted by molar-refractivity contribution is 5.18. The van der Waals surface area contributed by atoms with Crippen molar-refractivity contribution in [2.24, 2.45) is 0 Å². The van der Waals surface area contributed by atoms with Crippen LogP contribution in [0.15, 0.2) is 30.3 Å². The highest BCUT2D eigenvalue weighted by Gasteiger charge is 2.02. The summed E-state index contributed by atoms with van der Waals surface area (Å²) in [5.41, 5.74) is 1.44. The molecule has 1 atom stereocenters. The molecule has 1 aromatic rings. The van der Waals surface area contributed by atoms with Crippen molar-refractivity contribution in [3.8, 4) is 0 Å². The molecule has 0 amide bonds. The van der Waals surface area contributed by atoms with Crippen molar-refractivity contribution in [3.05, 3.63) is 35.9 Å². The van der Waals surface area contributed by atoms with Crippen LogP contribution in [0.1, 0.15) is 24.8 Å². The predicted molar refractivity (Wildman–Crippen MR) is 53.4 cm³/mol. The van der Waals surface area contributed by atoms with Crippen LogP contribution in [-0.2, 0) is 0 Å². The summed E-state index contributed by atoms with van der Waals surface area (Å²) >= 11 is 0. The Kier molecular flexibility index (Phi) is 3.81. The number of benzene rings is 1. The van der Waals surface area contributed by atoms with Crippen molar-refractivity contribution < 1.29 is 0 Å². The van der Waals surface area contributed by atoms with E-state index in [1.165, 1.54) is 12.0 Å². The van der Waals surface area contributed by atoms with E-state index >= 15 is 0 Å². The first-order valence-corrected chi connectivity index (χ1v) is 4.54. The zero-order valence-corrected chi connectivity index (χ0v) is 7.88. The molecule has 0 saturated carbocycles. The van der Waals surface area contributed by atoms with Crippen LogP contribution in [0.5, 0.6) is 0 Å². The quantitative estimate of drug-likeness (QED) is 0.718. The van der Waals surface area contributed by atoms with E-state index in [2.05, 4.69) is 42.6 Å². The molecule has 1 aromatic carbocycles. The van der Waals surface area contributed by atoms with Crippen LogP contribution in [0.3, 0.4) is 0 Å². The summed E-state index contributed by atoms with van der Waals surface area (Å²) in [5, 5.41) is 3.17. The van der Waals surface area contributed by atoms with Crippen LogP contribution in [-0.4, -0.2) is 13.6 Å². The van der Waals surface area contributed by atoms with Crippen LogP contribution in [0, 0.1) is 0 Å². The molecule has 0 aliphatic carbocycles. The van der Waals surface area contributed by atoms with Gasteiger partial charge in [-0.1, -0.05) is 37.3 Å². The van der Waals surface area contributed by atoms with Gasteiger partial charge in [0.1, 0.15) is 0 Å². The molecule has 1 unspecified atom stereocenters. The molecule has 0 fully saturated rings. The van der Waals surface area contributed by atoms with Crippen molar-refractivity contribution in [3.63, 3.8) is 0 Å². The zero-order valence-electron chi connectivity index (χ0n) is 7.88. The Bertz CT molecular complexity index is 206. The molecule has 0 bridgehead atoms. The minimum Gasteiger partial charge on any atom is -0.320 e. The van der Waals surface area contributed by atoms with Gasteiger partial charge in [-0.15, -0.1) is 0 Å². The minimum absolute atomic E-state index is 0.665. The van der Waals surface area contributed by atoms with Gasteiger partial charge in [0.2, 0.25) is 0 Å². The fraction of sp³-hybridized carbons (Fsp3) is 0.455. The summed E-state index contributed by atoms with van der Waals surface area (Å²) in [4.78, 5) is 0. The lowest BCUT2D eigenvalue weighted by atomic mass is 9.98. The van der Waals surface area contributed by atoms with Gasteiger partial charge >= 0.3 is 0 Å². The number of nitrogens with one attached hydrogen (secondary N) is 1. The first-order chi connectivity index (χ1) is 5.84. The second-order valence-corrected chi connectivity index (χ2v) is 3.20. The Morgan fingerprint density at radius 1 is 1.25 bits per heavy atom. The third-order valence-corrected chi connectivity index (χ3v) is 2.20. The molecule has 0 radical (unpaired) electrons. The third-order valence-electron chi connectivity index (χ3n) is 2.20. The van der Waals surface area contributed by atoms with Crippen LogP contribution < -0.4 is 5.32 Å². The lowest BCUT2D eigenvalue weighted by Gasteiger charge is -2.10. The first kappa shape index (κ1) is 9.27. The van der Waals surface area contributed by atoms with Gasteiger partial charge in [-0.05, 0) is 31.5 Å². The third kappa shape index (κ3) is 2.67. The molecule has 12 heavy (non-hydrogen) atoms. The van der Waals surface area contributed by atoms with E-state index < -0.39 is 0 Å². The Morgan fingerprint density at radius 2 is 1.92 bits per heavy atom. The van der Waals surface area contributed by atoms with E-state index in [9.17, 15) is 0 Å². The van der Waals surface area contributed by atoms with Crippen LogP contribution in [0.4, 0.5) is 0 Å². The topological polar surface area (TPSA) is 12.0 Å². The van der Waals surface area contributed by atoms with E-state index in [4.69, 9.17) is 0 Å². The molecule has 0 aliphatic rings. The maximum atomic E-state index is 3.17. The van der Waals surface area contributed by atoms with E-state index in [0.717, 1.165) is 6.54 Å². The molecule has 0 aromatic heterocycles. The molecule has 1 heteroatoms. The smallest absolute Gasteiger partial charge is 0.00462 e. The maximum Gasteiger partial charge on any atom is -0.00462 e. The summed E-state index contributed by atoms with van der Waals surface area (Å²) in [7, 11) is 2.00. The molecule has 0 spiro atoms. The molecule has 1 nitrogen and oxygen atoms in total. The average molecular weight is 163 g/mol. The predicted octanol–water partition coefficient (Wildman–Crippen LogP) is 2.40. The second kappa shape index (κ2) is 4.94. The van der Waals surface area contributed by atoms with Crippen molar-refractivity contribution in [2.75, 3.05) is 13.6 Å². The summed E-state index contributed by atoms with van der Waals surface area (Å²) in [6, 6.07) is 10.7. The van der Waals surface area contributed by atoms with Gasteiger partial charge in [-0.2, -0.15) is 0 Å². The minimum atomic E-state index is 0.665. The SMILES string of the molecule is CNCCC(C)c1ccccc1. The van der Waals surface area contributed by atoms with Crippen LogP contribution in [0.2, 0.25) is 0 Å². The number of hydrogen-bond donors (Lipinski definition) is 1. The molecular weight excluding hydrogens is 146 g/mol. The van der Waals surface area contributed by atoms with Crippen molar-refractivity contribution >= 4 is 0 Å². The van der Waals surface area contributed by atoms with E-state index in [1.54, 1.807) is 0 Å². The van der Waals surface area contributed by atoms with Gasteiger partial charge in [0.25, 0.3) is 0 Å². The van der Waals surface area contributed by atoms with E-state index in [1.807, 2.05) is 7.05 Å². The van der Waals surface area contributed by atoms with E-state index in [0.29, 0.717) is 5.92 Å². The zero-order chi connectivity index (χ0) is 8.81. The fourth-order valence-corrected chi connectivity index (χ4v) is 1.31. The van der Waals surface area contributed by atoms with Gasteiger partial charge in [0.05, 0.1) is 0 Å². The summed E-state index contributed by atoms with van der Waals surface area (Å²) in [5.74, 6) is 0.665. The highest BCUT2D eigenvalue weighted by atomic mass is 14.8. The molecule has 0 saturated heterocycles. The molecule has 0 aliphatic heterocycles. The summed E-state index contributed by atoms with van der Waals surface area (Å²) in [6.45, 7) is 3.36. The van der Waals surface area contributed by atoms with Crippen molar-refractivity contribution in [2.45, 2.75) is 19.3 Å². The van der Waals surface area contributed by atoms with Crippen molar-refractivity contribution in [1.29, 1.82) is 0 Å². The molecular formula is C11H17N. The largest absolute Gasteiger partial charge is 0.320 e. The first-order valence-electron chi connectivity index (χ1n) is 4.54. The van der Waals surface area contributed by atoms with Crippen LogP contribution >= 0.6 is 0 Å². The average Bonchev–Trinajstić information content (AvgIpc) is 2.15. The van der Waals surface area contributed by atoms with Crippen molar-refractivity contribution in [1.82, 2.24) is 5.32 Å². The number of hydrogen-bond acceptors (Lipinski definition) is 1. The standard InChI is InChI=1S/C11H17N/c1-10(8-9-12-2)11-6-4-3-5-7-11/h3-7,10,12H,8-9H2,1-2H3.